The van der Waals surface area contributed by atoms with Gasteiger partial charge >= 0.3 is 0 Å². The van der Waals surface area contributed by atoms with Crippen LogP contribution in [0, 0.1) is 11.3 Å². The Hall–Kier alpha value is -1.92. The van der Waals surface area contributed by atoms with E-state index in [1.54, 1.807) is 0 Å². The molecule has 1 aromatic carbocycles. The lowest BCUT2D eigenvalue weighted by atomic mass is 9.80. The molecule has 3 heterocycles. The van der Waals surface area contributed by atoms with Crippen molar-refractivity contribution in [2.24, 2.45) is 11.3 Å². The van der Waals surface area contributed by atoms with Gasteiger partial charge in [-0.2, -0.15) is 0 Å². The molecule has 0 radical (unpaired) electrons. The molecule has 2 amide bonds. The van der Waals surface area contributed by atoms with Crippen LogP contribution in [0.3, 0.4) is 0 Å². The van der Waals surface area contributed by atoms with E-state index in [0.717, 1.165) is 50.3 Å². The molecule has 134 valence electrons. The maximum atomic E-state index is 12.9. The van der Waals surface area contributed by atoms with Crippen molar-refractivity contribution in [1.82, 2.24) is 20.9 Å². The van der Waals surface area contributed by atoms with E-state index in [2.05, 4.69) is 22.0 Å². The van der Waals surface area contributed by atoms with E-state index in [1.807, 2.05) is 23.1 Å². The van der Waals surface area contributed by atoms with Crippen LogP contribution in [-0.4, -0.2) is 49.4 Å². The quantitative estimate of drug-likeness (QED) is 0.716. The molecule has 1 aromatic rings. The molecule has 3 aliphatic rings. The average molecular weight is 342 g/mol. The minimum absolute atomic E-state index is 0.138. The third-order valence-electron chi connectivity index (χ3n) is 5.99. The van der Waals surface area contributed by atoms with E-state index in [0.29, 0.717) is 25.4 Å². The second-order valence-corrected chi connectivity index (χ2v) is 7.49. The number of benzene rings is 1. The minimum atomic E-state index is -0.306. The Morgan fingerprint density at radius 2 is 1.92 bits per heavy atom. The van der Waals surface area contributed by atoms with Gasteiger partial charge < -0.3 is 20.9 Å². The van der Waals surface area contributed by atoms with Crippen molar-refractivity contribution in [2.75, 3.05) is 32.7 Å². The van der Waals surface area contributed by atoms with Crippen molar-refractivity contribution in [1.29, 1.82) is 0 Å². The third-order valence-corrected chi connectivity index (χ3v) is 5.99. The predicted molar refractivity (Wildman–Crippen MR) is 94.6 cm³/mol. The van der Waals surface area contributed by atoms with E-state index in [9.17, 15) is 9.59 Å². The first-order chi connectivity index (χ1) is 12.2. The van der Waals surface area contributed by atoms with Crippen LogP contribution >= 0.6 is 0 Å². The monoisotopic (exact) mass is 342 g/mol. The van der Waals surface area contributed by atoms with Crippen molar-refractivity contribution >= 4 is 11.8 Å². The fourth-order valence-electron chi connectivity index (χ4n) is 4.41. The molecule has 0 spiro atoms. The van der Waals surface area contributed by atoms with Gasteiger partial charge in [0.15, 0.2) is 0 Å². The summed E-state index contributed by atoms with van der Waals surface area (Å²) in [7, 11) is 0. The normalized spacial score (nSPS) is 28.4. The molecule has 3 fully saturated rings. The topological polar surface area (TPSA) is 73.5 Å². The first-order valence-electron chi connectivity index (χ1n) is 9.23. The lowest BCUT2D eigenvalue weighted by Gasteiger charge is -2.26. The van der Waals surface area contributed by atoms with Crippen LogP contribution in [0.5, 0.6) is 0 Å². The highest BCUT2D eigenvalue weighted by Gasteiger charge is 2.51. The van der Waals surface area contributed by atoms with Crippen molar-refractivity contribution in [2.45, 2.75) is 25.9 Å². The van der Waals surface area contributed by atoms with Gasteiger partial charge in [-0.3, -0.25) is 9.59 Å². The Balaban J connectivity index is 1.43. The number of carbonyl (C=O) groups is 2. The standard InChI is InChI=1S/C19H26N4O2/c24-17-6-3-7-23(17)11-15-5-2-1-4-14(15)8-22-18(25)19-12-20-9-16(19)10-21-13-19/h1-2,4-5,16,20-21H,3,6-13H2,(H,22,25). The number of hydrogen-bond donors (Lipinski definition) is 3. The molecule has 0 bridgehead atoms. The maximum Gasteiger partial charge on any atom is 0.229 e. The molecule has 0 atom stereocenters. The summed E-state index contributed by atoms with van der Waals surface area (Å²) in [6, 6.07) is 8.09. The van der Waals surface area contributed by atoms with Crippen LogP contribution in [0.25, 0.3) is 0 Å². The Morgan fingerprint density at radius 3 is 2.60 bits per heavy atom. The van der Waals surface area contributed by atoms with Gasteiger partial charge in [0.1, 0.15) is 0 Å². The molecule has 6 heteroatoms. The number of amides is 2. The molecule has 3 saturated heterocycles. The van der Waals surface area contributed by atoms with Crippen molar-refractivity contribution < 1.29 is 9.59 Å². The first-order valence-corrected chi connectivity index (χ1v) is 9.23. The molecule has 3 N–H and O–H groups in total. The van der Waals surface area contributed by atoms with E-state index in [4.69, 9.17) is 0 Å². The lowest BCUT2D eigenvalue weighted by Crippen LogP contribution is -2.46. The van der Waals surface area contributed by atoms with Gasteiger partial charge in [0.2, 0.25) is 11.8 Å². The summed E-state index contributed by atoms with van der Waals surface area (Å²) in [5, 5.41) is 9.88. The van der Waals surface area contributed by atoms with Crippen LogP contribution in [0.4, 0.5) is 0 Å². The fourth-order valence-corrected chi connectivity index (χ4v) is 4.41. The summed E-state index contributed by atoms with van der Waals surface area (Å²) in [5.74, 6) is 0.749. The molecule has 0 aliphatic carbocycles. The fraction of sp³-hybridized carbons (Fsp3) is 0.579. The molecule has 0 aromatic heterocycles. The Labute approximate surface area is 148 Å². The van der Waals surface area contributed by atoms with Gasteiger partial charge in [0.25, 0.3) is 0 Å². The zero-order chi connectivity index (χ0) is 17.3. The summed E-state index contributed by atoms with van der Waals surface area (Å²) < 4.78 is 0. The molecule has 3 aliphatic heterocycles. The molecular weight excluding hydrogens is 316 g/mol. The summed E-state index contributed by atoms with van der Waals surface area (Å²) >= 11 is 0. The van der Waals surface area contributed by atoms with Gasteiger partial charge in [-0.05, 0) is 17.5 Å². The largest absolute Gasteiger partial charge is 0.351 e. The van der Waals surface area contributed by atoms with Crippen molar-refractivity contribution in [3.63, 3.8) is 0 Å². The van der Waals surface area contributed by atoms with Gasteiger partial charge in [-0.15, -0.1) is 0 Å². The second-order valence-electron chi connectivity index (χ2n) is 7.49. The van der Waals surface area contributed by atoms with Crippen LogP contribution in [0.1, 0.15) is 24.0 Å². The van der Waals surface area contributed by atoms with Crippen LogP contribution < -0.4 is 16.0 Å². The van der Waals surface area contributed by atoms with E-state index >= 15 is 0 Å². The highest BCUT2D eigenvalue weighted by Crippen LogP contribution is 2.35. The van der Waals surface area contributed by atoms with Gasteiger partial charge in [-0.25, -0.2) is 0 Å². The van der Waals surface area contributed by atoms with Crippen molar-refractivity contribution in [3.8, 4) is 0 Å². The first kappa shape index (κ1) is 16.5. The number of rotatable bonds is 5. The van der Waals surface area contributed by atoms with Gasteiger partial charge in [0.05, 0.1) is 5.41 Å². The SMILES string of the molecule is O=C1CCCN1Cc1ccccc1CNC(=O)C12CNCC1CNC2. The van der Waals surface area contributed by atoms with Crippen LogP contribution in [0.15, 0.2) is 24.3 Å². The average Bonchev–Trinajstić information content (AvgIpc) is 3.30. The zero-order valence-corrected chi connectivity index (χ0v) is 14.5. The molecule has 0 saturated carbocycles. The molecule has 6 nitrogen and oxygen atoms in total. The minimum Gasteiger partial charge on any atom is -0.351 e. The summed E-state index contributed by atoms with van der Waals surface area (Å²) in [4.78, 5) is 26.7. The molecular formula is C19H26N4O2. The third kappa shape index (κ3) is 3.04. The number of likely N-dealkylation sites (tertiary alicyclic amines) is 1. The molecule has 4 rings (SSSR count). The Bertz CT molecular complexity index is 665. The number of nitrogens with one attached hydrogen (secondary N) is 3. The van der Waals surface area contributed by atoms with Gasteiger partial charge in [0, 0.05) is 58.2 Å². The van der Waals surface area contributed by atoms with Crippen LogP contribution in [-0.2, 0) is 22.7 Å². The highest BCUT2D eigenvalue weighted by atomic mass is 16.2. The highest BCUT2D eigenvalue weighted by molar-refractivity contribution is 5.84. The summed E-state index contributed by atoms with van der Waals surface area (Å²) in [5.41, 5.74) is 1.92. The number of carbonyl (C=O) groups excluding carboxylic acids is 2. The number of fused-ring (bicyclic) bond motifs is 1. The smallest absolute Gasteiger partial charge is 0.229 e. The lowest BCUT2D eigenvalue weighted by molar-refractivity contribution is -0.131. The zero-order valence-electron chi connectivity index (χ0n) is 14.5. The molecule has 25 heavy (non-hydrogen) atoms. The second kappa shape index (κ2) is 6.77. The Kier molecular flexibility index (Phi) is 4.48. The van der Waals surface area contributed by atoms with E-state index < -0.39 is 0 Å². The summed E-state index contributed by atoms with van der Waals surface area (Å²) in [6.45, 7) is 5.32. The number of nitrogens with zero attached hydrogens (tertiary/aromatic N) is 1. The Morgan fingerprint density at radius 1 is 1.20 bits per heavy atom. The number of hydrogen-bond acceptors (Lipinski definition) is 4. The van der Waals surface area contributed by atoms with E-state index in [1.165, 1.54) is 0 Å². The van der Waals surface area contributed by atoms with Crippen molar-refractivity contribution in [3.05, 3.63) is 35.4 Å². The summed E-state index contributed by atoms with van der Waals surface area (Å²) in [6.07, 6.45) is 1.60. The van der Waals surface area contributed by atoms with E-state index in [-0.39, 0.29) is 17.2 Å². The van der Waals surface area contributed by atoms with Gasteiger partial charge in [-0.1, -0.05) is 24.3 Å². The predicted octanol–water partition coefficient (Wildman–Crippen LogP) is 0.234. The maximum absolute atomic E-state index is 12.9. The van der Waals surface area contributed by atoms with Crippen LogP contribution in [0.2, 0.25) is 0 Å². The molecule has 0 unspecified atom stereocenters.